The second-order valence-corrected chi connectivity index (χ2v) is 4.77. The summed E-state index contributed by atoms with van der Waals surface area (Å²) in [6.45, 7) is 3.89. The van der Waals surface area contributed by atoms with Crippen molar-refractivity contribution < 1.29 is 9.13 Å². The number of anilines is 1. The number of benzene rings is 1. The van der Waals surface area contributed by atoms with Crippen LogP contribution in [0.3, 0.4) is 0 Å². The molecular weight excluding hydrogens is 283 g/mol. The van der Waals surface area contributed by atoms with Crippen LogP contribution in [0, 0.1) is 5.82 Å². The first-order valence-corrected chi connectivity index (χ1v) is 6.39. The largest absolute Gasteiger partial charge is 0.497 e. The molecule has 5 nitrogen and oxygen atoms in total. The molecule has 20 heavy (non-hydrogen) atoms. The van der Waals surface area contributed by atoms with E-state index < -0.39 is 5.82 Å². The molecule has 0 aliphatic rings. The summed E-state index contributed by atoms with van der Waals surface area (Å²) < 4.78 is 18.5. The summed E-state index contributed by atoms with van der Waals surface area (Å²) in [4.78, 5) is 12.2. The Morgan fingerprint density at radius 3 is 2.60 bits per heavy atom. The van der Waals surface area contributed by atoms with Gasteiger partial charge >= 0.3 is 0 Å². The summed E-state index contributed by atoms with van der Waals surface area (Å²) in [6.07, 6.45) is 0. The molecule has 0 fully saturated rings. The van der Waals surface area contributed by atoms with Crippen molar-refractivity contribution in [1.29, 1.82) is 0 Å². The molecule has 0 spiro atoms. The number of hydrogen-bond donors (Lipinski definition) is 1. The quantitative estimate of drug-likeness (QED) is 0.939. The number of halogens is 2. The average molecular weight is 297 g/mol. The molecule has 0 amide bonds. The molecule has 1 aromatic heterocycles. The van der Waals surface area contributed by atoms with Crippen molar-refractivity contribution in [2.45, 2.75) is 19.9 Å². The Labute approximate surface area is 121 Å². The fourth-order valence-electron chi connectivity index (χ4n) is 1.61. The van der Waals surface area contributed by atoms with Gasteiger partial charge in [0.2, 0.25) is 11.2 Å². The topological polar surface area (TPSA) is 59.9 Å². The molecule has 0 aliphatic heterocycles. The molecule has 2 rings (SSSR count). The van der Waals surface area contributed by atoms with Gasteiger partial charge < -0.3 is 10.1 Å². The molecule has 0 bridgehead atoms. The second kappa shape index (κ2) is 6.00. The maximum absolute atomic E-state index is 13.5. The molecule has 0 radical (unpaired) electrons. The Morgan fingerprint density at radius 1 is 1.20 bits per heavy atom. The Hall–Kier alpha value is -1.95. The van der Waals surface area contributed by atoms with Crippen molar-refractivity contribution in [3.63, 3.8) is 0 Å². The van der Waals surface area contributed by atoms with Crippen LogP contribution in [-0.2, 0) is 0 Å². The Kier molecular flexibility index (Phi) is 4.34. The van der Waals surface area contributed by atoms with Gasteiger partial charge in [0.25, 0.3) is 0 Å². The van der Waals surface area contributed by atoms with Crippen molar-refractivity contribution in [1.82, 2.24) is 15.0 Å². The van der Waals surface area contributed by atoms with Crippen molar-refractivity contribution >= 4 is 17.5 Å². The monoisotopic (exact) mass is 296 g/mol. The summed E-state index contributed by atoms with van der Waals surface area (Å²) in [7, 11) is 1.46. The number of methoxy groups -OCH3 is 1. The number of aromatic nitrogens is 3. The zero-order chi connectivity index (χ0) is 14.7. The maximum atomic E-state index is 13.5. The third-order valence-electron chi connectivity index (χ3n) is 2.39. The minimum atomic E-state index is -0.436. The highest BCUT2D eigenvalue weighted by atomic mass is 35.5. The third kappa shape index (κ3) is 3.54. The number of hydrogen-bond acceptors (Lipinski definition) is 5. The van der Waals surface area contributed by atoms with Gasteiger partial charge in [0.15, 0.2) is 5.82 Å². The molecule has 106 valence electrons. The first-order valence-electron chi connectivity index (χ1n) is 6.01. The summed E-state index contributed by atoms with van der Waals surface area (Å²) in [5.74, 6) is 0.577. The van der Waals surface area contributed by atoms with Crippen LogP contribution < -0.4 is 10.1 Å². The van der Waals surface area contributed by atoms with Crippen molar-refractivity contribution in [3.8, 4) is 17.1 Å². The summed E-state index contributed by atoms with van der Waals surface area (Å²) in [6, 6.07) is 4.37. The molecule has 0 aliphatic carbocycles. The van der Waals surface area contributed by atoms with Crippen LogP contribution in [-0.4, -0.2) is 28.1 Å². The van der Waals surface area contributed by atoms with E-state index in [9.17, 15) is 4.39 Å². The molecule has 2 aromatic rings. The normalized spacial score (nSPS) is 10.7. The zero-order valence-electron chi connectivity index (χ0n) is 11.3. The van der Waals surface area contributed by atoms with E-state index in [4.69, 9.17) is 16.3 Å². The molecule has 0 unspecified atom stereocenters. The molecule has 1 aromatic carbocycles. The van der Waals surface area contributed by atoms with Crippen LogP contribution in [0.1, 0.15) is 13.8 Å². The Morgan fingerprint density at radius 2 is 1.95 bits per heavy atom. The molecule has 1 heterocycles. The van der Waals surface area contributed by atoms with Crippen LogP contribution in [0.25, 0.3) is 11.4 Å². The maximum Gasteiger partial charge on any atom is 0.227 e. The van der Waals surface area contributed by atoms with Gasteiger partial charge in [-0.1, -0.05) is 0 Å². The zero-order valence-corrected chi connectivity index (χ0v) is 12.1. The van der Waals surface area contributed by atoms with E-state index in [1.165, 1.54) is 19.2 Å². The minimum absolute atomic E-state index is 0.0429. The standard InChI is InChI=1S/C13H14ClFN4O/c1-7(2)16-13-18-11(17-12(14)19-13)8-4-9(15)6-10(5-8)20-3/h4-7H,1-3H3,(H,16,17,18,19). The molecule has 1 N–H and O–H groups in total. The van der Waals surface area contributed by atoms with Crippen LogP contribution in [0.2, 0.25) is 5.28 Å². The summed E-state index contributed by atoms with van der Waals surface area (Å²) >= 11 is 5.87. The highest BCUT2D eigenvalue weighted by Crippen LogP contribution is 2.24. The van der Waals surface area contributed by atoms with Crippen LogP contribution >= 0.6 is 11.6 Å². The molecular formula is C13H14ClFN4O. The van der Waals surface area contributed by atoms with E-state index in [1.807, 2.05) is 13.8 Å². The van der Waals surface area contributed by atoms with Gasteiger partial charge in [0.1, 0.15) is 11.6 Å². The van der Waals surface area contributed by atoms with Crippen LogP contribution in [0.5, 0.6) is 5.75 Å². The number of ether oxygens (including phenoxy) is 1. The van der Waals surface area contributed by atoms with Crippen molar-refractivity contribution in [2.75, 3.05) is 12.4 Å². The SMILES string of the molecule is COc1cc(F)cc(-c2nc(Cl)nc(NC(C)C)n2)c1. The Bertz CT molecular complexity index is 621. The molecule has 0 saturated heterocycles. The number of nitrogens with zero attached hydrogens (tertiary/aromatic N) is 3. The number of nitrogens with one attached hydrogen (secondary N) is 1. The lowest BCUT2D eigenvalue weighted by atomic mass is 10.2. The van der Waals surface area contributed by atoms with Gasteiger partial charge in [-0.05, 0) is 37.6 Å². The molecule has 7 heteroatoms. The van der Waals surface area contributed by atoms with E-state index in [1.54, 1.807) is 6.07 Å². The lowest BCUT2D eigenvalue weighted by Gasteiger charge is -2.10. The van der Waals surface area contributed by atoms with Gasteiger partial charge in [-0.2, -0.15) is 15.0 Å². The van der Waals surface area contributed by atoms with Gasteiger partial charge in [-0.15, -0.1) is 0 Å². The highest BCUT2D eigenvalue weighted by Gasteiger charge is 2.10. The first-order chi connectivity index (χ1) is 9.47. The van der Waals surface area contributed by atoms with E-state index in [-0.39, 0.29) is 17.1 Å². The van der Waals surface area contributed by atoms with E-state index >= 15 is 0 Å². The fourth-order valence-corrected chi connectivity index (χ4v) is 1.77. The molecule has 0 saturated carbocycles. The predicted octanol–water partition coefficient (Wildman–Crippen LogP) is 3.16. The third-order valence-corrected chi connectivity index (χ3v) is 2.56. The first kappa shape index (κ1) is 14.5. The van der Waals surface area contributed by atoms with E-state index in [0.29, 0.717) is 17.3 Å². The second-order valence-electron chi connectivity index (χ2n) is 4.43. The van der Waals surface area contributed by atoms with Gasteiger partial charge in [0.05, 0.1) is 7.11 Å². The van der Waals surface area contributed by atoms with Gasteiger partial charge in [-0.25, -0.2) is 4.39 Å². The summed E-state index contributed by atoms with van der Waals surface area (Å²) in [5.41, 5.74) is 0.470. The van der Waals surface area contributed by atoms with Crippen molar-refractivity contribution in [3.05, 3.63) is 29.3 Å². The lowest BCUT2D eigenvalue weighted by molar-refractivity contribution is 0.411. The highest BCUT2D eigenvalue weighted by molar-refractivity contribution is 6.28. The van der Waals surface area contributed by atoms with Gasteiger partial charge in [0, 0.05) is 17.7 Å². The van der Waals surface area contributed by atoms with Crippen LogP contribution in [0.15, 0.2) is 18.2 Å². The van der Waals surface area contributed by atoms with E-state index in [2.05, 4.69) is 20.3 Å². The van der Waals surface area contributed by atoms with E-state index in [0.717, 1.165) is 0 Å². The average Bonchev–Trinajstić information content (AvgIpc) is 2.36. The Balaban J connectivity index is 2.46. The van der Waals surface area contributed by atoms with Gasteiger partial charge in [-0.3, -0.25) is 0 Å². The predicted molar refractivity (Wildman–Crippen MR) is 75.5 cm³/mol. The number of rotatable bonds is 4. The minimum Gasteiger partial charge on any atom is -0.497 e. The lowest BCUT2D eigenvalue weighted by Crippen LogP contribution is -2.13. The van der Waals surface area contributed by atoms with Crippen LogP contribution in [0.4, 0.5) is 10.3 Å². The summed E-state index contributed by atoms with van der Waals surface area (Å²) in [5, 5.41) is 3.07. The van der Waals surface area contributed by atoms with Crippen molar-refractivity contribution in [2.24, 2.45) is 0 Å². The fraction of sp³-hybridized carbons (Fsp3) is 0.308. The molecule has 0 atom stereocenters. The smallest absolute Gasteiger partial charge is 0.227 e.